The second-order valence-corrected chi connectivity index (χ2v) is 7.59. The summed E-state index contributed by atoms with van der Waals surface area (Å²) in [6.07, 6.45) is 1.40. The molecule has 1 amide bonds. The van der Waals surface area contributed by atoms with E-state index in [2.05, 4.69) is 5.32 Å². The van der Waals surface area contributed by atoms with Gasteiger partial charge < -0.3 is 19.5 Å². The second kappa shape index (κ2) is 10.3. The normalized spacial score (nSPS) is 12.5. The highest BCUT2D eigenvalue weighted by atomic mass is 35.5. The van der Waals surface area contributed by atoms with Gasteiger partial charge in [-0.25, -0.2) is 0 Å². The zero-order chi connectivity index (χ0) is 18.9. The van der Waals surface area contributed by atoms with Crippen LogP contribution < -0.4 is 19.5 Å². The SMILES string of the molecule is O=C(CCSCCCOc1ccc(Cl)cc1)Nc1ccc2c(c1)OCCO2. The van der Waals surface area contributed by atoms with Gasteiger partial charge in [-0.05, 0) is 48.6 Å². The van der Waals surface area contributed by atoms with Crippen molar-refractivity contribution in [2.45, 2.75) is 12.8 Å². The Bertz CT molecular complexity index is 754. The number of thioether (sulfide) groups is 1. The number of carbonyl (C=O) groups excluding carboxylic acids is 1. The Morgan fingerprint density at radius 3 is 2.67 bits per heavy atom. The van der Waals surface area contributed by atoms with E-state index in [4.69, 9.17) is 25.8 Å². The van der Waals surface area contributed by atoms with E-state index < -0.39 is 0 Å². The van der Waals surface area contributed by atoms with Crippen molar-refractivity contribution in [2.75, 3.05) is 36.6 Å². The van der Waals surface area contributed by atoms with E-state index in [9.17, 15) is 4.79 Å². The summed E-state index contributed by atoms with van der Waals surface area (Å²) in [5.41, 5.74) is 0.727. The van der Waals surface area contributed by atoms with Crippen molar-refractivity contribution >= 4 is 35.0 Å². The van der Waals surface area contributed by atoms with E-state index in [0.29, 0.717) is 37.0 Å². The summed E-state index contributed by atoms with van der Waals surface area (Å²) >= 11 is 7.58. The van der Waals surface area contributed by atoms with Gasteiger partial charge in [0.15, 0.2) is 11.5 Å². The molecular weight excluding hydrogens is 386 g/mol. The number of hydrogen-bond acceptors (Lipinski definition) is 5. The molecule has 0 spiro atoms. The lowest BCUT2D eigenvalue weighted by molar-refractivity contribution is -0.115. The number of ether oxygens (including phenoxy) is 3. The fourth-order valence-corrected chi connectivity index (χ4v) is 3.48. The van der Waals surface area contributed by atoms with E-state index in [1.807, 2.05) is 36.4 Å². The zero-order valence-corrected chi connectivity index (χ0v) is 16.5. The molecule has 7 heteroatoms. The van der Waals surface area contributed by atoms with Gasteiger partial charge in [0.25, 0.3) is 0 Å². The Hall–Kier alpha value is -2.05. The number of benzene rings is 2. The minimum Gasteiger partial charge on any atom is -0.494 e. The number of anilines is 1. The molecule has 2 aromatic rings. The summed E-state index contributed by atoms with van der Waals surface area (Å²) < 4.78 is 16.6. The molecule has 0 fully saturated rings. The first-order chi connectivity index (χ1) is 13.2. The molecule has 0 unspecified atom stereocenters. The van der Waals surface area contributed by atoms with E-state index in [1.54, 1.807) is 17.8 Å². The van der Waals surface area contributed by atoms with E-state index in [0.717, 1.165) is 35.1 Å². The van der Waals surface area contributed by atoms with Crippen molar-refractivity contribution in [3.8, 4) is 17.2 Å². The third kappa shape index (κ3) is 6.56. The number of nitrogens with one attached hydrogen (secondary N) is 1. The van der Waals surface area contributed by atoms with Crippen LogP contribution in [0.2, 0.25) is 5.02 Å². The Labute approximate surface area is 168 Å². The zero-order valence-electron chi connectivity index (χ0n) is 14.9. The van der Waals surface area contributed by atoms with E-state index >= 15 is 0 Å². The van der Waals surface area contributed by atoms with Crippen LogP contribution in [0.15, 0.2) is 42.5 Å². The summed E-state index contributed by atoms with van der Waals surface area (Å²) in [5.74, 6) is 3.94. The smallest absolute Gasteiger partial charge is 0.225 e. The highest BCUT2D eigenvalue weighted by Gasteiger charge is 2.12. The van der Waals surface area contributed by atoms with Gasteiger partial charge in [-0.3, -0.25) is 4.79 Å². The number of carbonyl (C=O) groups is 1. The van der Waals surface area contributed by atoms with Gasteiger partial charge in [-0.15, -0.1) is 0 Å². The Balaban J connectivity index is 1.27. The molecule has 0 atom stereocenters. The van der Waals surface area contributed by atoms with Crippen molar-refractivity contribution in [2.24, 2.45) is 0 Å². The van der Waals surface area contributed by atoms with Crippen LogP contribution in [-0.2, 0) is 4.79 Å². The molecule has 3 rings (SSSR count). The number of hydrogen-bond donors (Lipinski definition) is 1. The van der Waals surface area contributed by atoms with Gasteiger partial charge in [0.1, 0.15) is 19.0 Å². The highest BCUT2D eigenvalue weighted by Crippen LogP contribution is 2.32. The fraction of sp³-hybridized carbons (Fsp3) is 0.350. The number of fused-ring (bicyclic) bond motifs is 1. The maximum Gasteiger partial charge on any atom is 0.225 e. The van der Waals surface area contributed by atoms with Crippen molar-refractivity contribution in [1.29, 1.82) is 0 Å². The van der Waals surface area contributed by atoms with Gasteiger partial charge in [-0.1, -0.05) is 11.6 Å². The predicted molar refractivity (Wildman–Crippen MR) is 110 cm³/mol. The van der Waals surface area contributed by atoms with Gasteiger partial charge in [0.2, 0.25) is 5.91 Å². The van der Waals surface area contributed by atoms with Crippen LogP contribution in [0, 0.1) is 0 Å². The van der Waals surface area contributed by atoms with E-state index in [-0.39, 0.29) is 5.91 Å². The summed E-state index contributed by atoms with van der Waals surface area (Å²) in [6, 6.07) is 12.8. The second-order valence-electron chi connectivity index (χ2n) is 5.92. The van der Waals surface area contributed by atoms with Crippen LogP contribution in [0.3, 0.4) is 0 Å². The van der Waals surface area contributed by atoms with Crippen molar-refractivity contribution in [3.05, 3.63) is 47.5 Å². The lowest BCUT2D eigenvalue weighted by atomic mass is 10.2. The standard InChI is InChI=1S/C20H22ClNO4S/c21-15-2-5-17(6-3-15)24-9-1-12-27-13-8-20(23)22-16-4-7-18-19(14-16)26-11-10-25-18/h2-7,14H,1,8-13H2,(H,22,23). The first-order valence-electron chi connectivity index (χ1n) is 8.86. The monoisotopic (exact) mass is 407 g/mol. The lowest BCUT2D eigenvalue weighted by Gasteiger charge is -2.19. The molecule has 5 nitrogen and oxygen atoms in total. The minimum absolute atomic E-state index is 0.00316. The molecule has 1 aliphatic heterocycles. The van der Waals surface area contributed by atoms with Gasteiger partial charge >= 0.3 is 0 Å². The van der Waals surface area contributed by atoms with Crippen LogP contribution in [0.4, 0.5) is 5.69 Å². The van der Waals surface area contributed by atoms with Gasteiger partial charge in [-0.2, -0.15) is 11.8 Å². The third-order valence-corrected chi connectivity index (χ3v) is 5.14. The summed E-state index contributed by atoms with van der Waals surface area (Å²) in [5, 5.41) is 3.60. The maximum atomic E-state index is 12.0. The molecule has 0 aromatic heterocycles. The molecule has 27 heavy (non-hydrogen) atoms. The topological polar surface area (TPSA) is 56.8 Å². The fourth-order valence-electron chi connectivity index (χ4n) is 2.49. The molecular formula is C20H22ClNO4S. The van der Waals surface area contributed by atoms with Crippen LogP contribution in [0.25, 0.3) is 0 Å². The van der Waals surface area contributed by atoms with Crippen LogP contribution in [0.5, 0.6) is 17.2 Å². The average Bonchev–Trinajstić information content (AvgIpc) is 2.68. The molecule has 1 aliphatic rings. The lowest BCUT2D eigenvalue weighted by Crippen LogP contribution is -2.16. The molecule has 0 aliphatic carbocycles. The van der Waals surface area contributed by atoms with Crippen LogP contribution >= 0.6 is 23.4 Å². The van der Waals surface area contributed by atoms with Crippen molar-refractivity contribution < 1.29 is 19.0 Å². The predicted octanol–water partition coefficient (Wildman–Crippen LogP) is 4.64. The van der Waals surface area contributed by atoms with Crippen LogP contribution in [0.1, 0.15) is 12.8 Å². The van der Waals surface area contributed by atoms with Crippen molar-refractivity contribution in [3.63, 3.8) is 0 Å². The van der Waals surface area contributed by atoms with E-state index in [1.165, 1.54) is 0 Å². The van der Waals surface area contributed by atoms with Gasteiger partial charge in [0, 0.05) is 29.0 Å². The molecule has 0 bridgehead atoms. The summed E-state index contributed by atoms with van der Waals surface area (Å²) in [6.45, 7) is 1.74. The first-order valence-corrected chi connectivity index (χ1v) is 10.4. The molecule has 144 valence electrons. The molecule has 0 radical (unpaired) electrons. The molecule has 2 aromatic carbocycles. The highest BCUT2D eigenvalue weighted by molar-refractivity contribution is 7.99. The number of rotatable bonds is 9. The Morgan fingerprint density at radius 2 is 1.85 bits per heavy atom. The quantitative estimate of drug-likeness (QED) is 0.613. The number of amides is 1. The molecule has 1 N–H and O–H groups in total. The van der Waals surface area contributed by atoms with Crippen molar-refractivity contribution in [1.82, 2.24) is 0 Å². The van der Waals surface area contributed by atoms with Gasteiger partial charge in [0.05, 0.1) is 6.61 Å². The largest absolute Gasteiger partial charge is 0.494 e. The summed E-state index contributed by atoms with van der Waals surface area (Å²) in [7, 11) is 0. The summed E-state index contributed by atoms with van der Waals surface area (Å²) in [4.78, 5) is 12.0. The average molecular weight is 408 g/mol. The Morgan fingerprint density at radius 1 is 1.07 bits per heavy atom. The molecule has 1 heterocycles. The minimum atomic E-state index is -0.00316. The third-order valence-electron chi connectivity index (χ3n) is 3.81. The molecule has 0 saturated heterocycles. The maximum absolute atomic E-state index is 12.0. The van der Waals surface area contributed by atoms with Crippen LogP contribution in [-0.4, -0.2) is 37.2 Å². The first kappa shape index (κ1) is 19.7. The Kier molecular flexibility index (Phi) is 7.54. The number of halogens is 1. The molecule has 0 saturated carbocycles.